The fraction of sp³-hybridized carbons (Fsp3) is 0.235. The number of rotatable bonds is 8. The van der Waals surface area contributed by atoms with E-state index >= 15 is 0 Å². The molecule has 7 nitrogen and oxygen atoms in total. The summed E-state index contributed by atoms with van der Waals surface area (Å²) in [6, 6.07) is 22.4. The van der Waals surface area contributed by atoms with Crippen molar-refractivity contribution in [3.05, 3.63) is 130 Å². The van der Waals surface area contributed by atoms with Crippen LogP contribution < -0.4 is 19.6 Å². The summed E-state index contributed by atoms with van der Waals surface area (Å²) in [5.74, 6) is 0.487. The minimum Gasteiger partial charge on any atom is -0.488 e. The first-order valence-electron chi connectivity index (χ1n) is 13.9. The molecule has 0 spiro atoms. The summed E-state index contributed by atoms with van der Waals surface area (Å²) < 4.78 is 14.2. The summed E-state index contributed by atoms with van der Waals surface area (Å²) in [6.07, 6.45) is 1.81. The third-order valence-corrected chi connectivity index (χ3v) is 8.81. The highest BCUT2D eigenvalue weighted by Gasteiger charge is 2.33. The van der Waals surface area contributed by atoms with Gasteiger partial charge in [-0.2, -0.15) is 5.26 Å². The summed E-state index contributed by atoms with van der Waals surface area (Å²) >= 11 is 4.86. The molecule has 1 aliphatic heterocycles. The second-order valence-corrected chi connectivity index (χ2v) is 12.2. The van der Waals surface area contributed by atoms with Gasteiger partial charge in [-0.1, -0.05) is 73.7 Å². The SMILES string of the molecule is CCOC(=O)C1=C(C)N=c2s/c(=C/c3ccc(OCc4ccccc4C#N)c(Br)c3)c(=O)n2[C@@H]1c1ccc(C(C)C)cc1. The second-order valence-electron chi connectivity index (χ2n) is 10.4. The van der Waals surface area contributed by atoms with Crippen molar-refractivity contribution < 1.29 is 14.3 Å². The van der Waals surface area contributed by atoms with Gasteiger partial charge in [-0.3, -0.25) is 9.36 Å². The first kappa shape index (κ1) is 30.2. The zero-order valence-corrected chi connectivity index (χ0v) is 26.7. The number of allylic oxidation sites excluding steroid dienone is 1. The van der Waals surface area contributed by atoms with E-state index in [1.807, 2.05) is 66.7 Å². The zero-order valence-electron chi connectivity index (χ0n) is 24.3. The van der Waals surface area contributed by atoms with Crippen molar-refractivity contribution in [3.8, 4) is 11.8 Å². The van der Waals surface area contributed by atoms with Crippen LogP contribution in [-0.2, 0) is 16.1 Å². The lowest BCUT2D eigenvalue weighted by molar-refractivity contribution is -0.139. The van der Waals surface area contributed by atoms with E-state index < -0.39 is 12.0 Å². The standard InChI is InChI=1S/C34H30BrN3O4S/c1-5-41-33(40)30-21(4)37-34-38(31(30)24-13-11-23(12-14-24)20(2)3)32(39)29(43-34)17-22-10-15-28(27(35)16-22)42-19-26-9-7-6-8-25(26)18-36/h6-17,20,31H,5,19H2,1-4H3/b29-17+/t31-/m1/s1. The highest BCUT2D eigenvalue weighted by atomic mass is 79.9. The normalized spacial score (nSPS) is 14.7. The molecule has 43 heavy (non-hydrogen) atoms. The van der Waals surface area contributed by atoms with Crippen LogP contribution in [-0.4, -0.2) is 17.1 Å². The van der Waals surface area contributed by atoms with Gasteiger partial charge in [0.05, 0.1) is 44.6 Å². The Hall–Kier alpha value is -4.26. The molecule has 0 saturated carbocycles. The van der Waals surface area contributed by atoms with Crippen molar-refractivity contribution in [1.29, 1.82) is 5.26 Å². The quantitative estimate of drug-likeness (QED) is 0.213. The number of nitrogens with zero attached hydrogens (tertiary/aromatic N) is 3. The largest absolute Gasteiger partial charge is 0.488 e. The second kappa shape index (κ2) is 12.9. The van der Waals surface area contributed by atoms with Crippen LogP contribution >= 0.6 is 27.3 Å². The van der Waals surface area contributed by atoms with Gasteiger partial charge in [-0.05, 0) is 76.7 Å². The van der Waals surface area contributed by atoms with Gasteiger partial charge in [0.1, 0.15) is 12.4 Å². The molecule has 2 heterocycles. The van der Waals surface area contributed by atoms with Gasteiger partial charge in [0.2, 0.25) is 0 Å². The van der Waals surface area contributed by atoms with Crippen LogP contribution in [0, 0.1) is 11.3 Å². The van der Waals surface area contributed by atoms with Crippen molar-refractivity contribution in [2.24, 2.45) is 4.99 Å². The lowest BCUT2D eigenvalue weighted by Gasteiger charge is -2.25. The number of esters is 1. The van der Waals surface area contributed by atoms with Crippen LogP contribution in [0.1, 0.15) is 67.5 Å². The molecule has 1 aliphatic rings. The maximum Gasteiger partial charge on any atom is 0.338 e. The number of hydrogen-bond donors (Lipinski definition) is 0. The number of ether oxygens (including phenoxy) is 2. The summed E-state index contributed by atoms with van der Waals surface area (Å²) in [7, 11) is 0. The van der Waals surface area contributed by atoms with E-state index in [1.165, 1.54) is 16.9 Å². The molecule has 1 aromatic heterocycles. The summed E-state index contributed by atoms with van der Waals surface area (Å²) in [5.41, 5.74) is 4.81. The fourth-order valence-electron chi connectivity index (χ4n) is 4.96. The van der Waals surface area contributed by atoms with Gasteiger partial charge >= 0.3 is 5.97 Å². The van der Waals surface area contributed by atoms with Crippen molar-refractivity contribution in [2.45, 2.75) is 46.3 Å². The van der Waals surface area contributed by atoms with Crippen LogP contribution in [0.15, 0.2) is 92.3 Å². The predicted octanol–water partition coefficient (Wildman–Crippen LogP) is 6.13. The number of thiazole rings is 1. The van der Waals surface area contributed by atoms with Gasteiger partial charge < -0.3 is 9.47 Å². The highest BCUT2D eigenvalue weighted by molar-refractivity contribution is 9.10. The molecule has 0 bridgehead atoms. The number of nitriles is 1. The van der Waals surface area contributed by atoms with Crippen molar-refractivity contribution >= 4 is 39.3 Å². The smallest absolute Gasteiger partial charge is 0.338 e. The van der Waals surface area contributed by atoms with E-state index in [0.717, 1.165) is 16.7 Å². The summed E-state index contributed by atoms with van der Waals surface area (Å²) in [6.45, 7) is 8.26. The third-order valence-electron chi connectivity index (χ3n) is 7.21. The Morgan fingerprint density at radius 2 is 1.91 bits per heavy atom. The number of carbonyl (C=O) groups is 1. The number of halogens is 1. The Balaban J connectivity index is 1.52. The number of hydrogen-bond acceptors (Lipinski definition) is 7. The van der Waals surface area contributed by atoms with E-state index in [9.17, 15) is 14.9 Å². The fourth-order valence-corrected chi connectivity index (χ4v) is 6.51. The Labute approximate surface area is 262 Å². The molecule has 0 radical (unpaired) electrons. The van der Waals surface area contributed by atoms with Crippen LogP contribution in [0.5, 0.6) is 5.75 Å². The minimum absolute atomic E-state index is 0.221. The molecule has 0 unspecified atom stereocenters. The molecule has 1 atom stereocenters. The number of aromatic nitrogens is 1. The van der Waals surface area contributed by atoms with Crippen molar-refractivity contribution in [2.75, 3.05) is 6.61 Å². The molecule has 0 aliphatic carbocycles. The molecule has 218 valence electrons. The van der Waals surface area contributed by atoms with Gasteiger partial charge in [-0.15, -0.1) is 0 Å². The minimum atomic E-state index is -0.655. The van der Waals surface area contributed by atoms with Crippen LogP contribution in [0.25, 0.3) is 6.08 Å². The molecule has 5 rings (SSSR count). The topological polar surface area (TPSA) is 93.7 Å². The van der Waals surface area contributed by atoms with E-state index in [0.29, 0.717) is 42.3 Å². The van der Waals surface area contributed by atoms with Gasteiger partial charge in [-0.25, -0.2) is 9.79 Å². The number of fused-ring (bicyclic) bond motifs is 1. The van der Waals surface area contributed by atoms with E-state index in [-0.39, 0.29) is 18.8 Å². The lowest BCUT2D eigenvalue weighted by Crippen LogP contribution is -2.39. The van der Waals surface area contributed by atoms with Crippen LogP contribution in [0.2, 0.25) is 0 Å². The average Bonchev–Trinajstić information content (AvgIpc) is 3.30. The summed E-state index contributed by atoms with van der Waals surface area (Å²) in [5, 5.41) is 9.34. The van der Waals surface area contributed by atoms with E-state index in [1.54, 1.807) is 24.5 Å². The Bertz CT molecular complexity index is 1950. The van der Waals surface area contributed by atoms with Gasteiger partial charge in [0, 0.05) is 5.56 Å². The Kier molecular flexibility index (Phi) is 9.09. The van der Waals surface area contributed by atoms with Crippen molar-refractivity contribution in [1.82, 2.24) is 4.57 Å². The maximum absolute atomic E-state index is 13.9. The molecule has 0 saturated heterocycles. The molecule has 0 N–H and O–H groups in total. The molecule has 0 amide bonds. The molecule has 4 aromatic rings. The molecule has 0 fully saturated rings. The number of benzene rings is 3. The van der Waals surface area contributed by atoms with Crippen molar-refractivity contribution in [3.63, 3.8) is 0 Å². The summed E-state index contributed by atoms with van der Waals surface area (Å²) in [4.78, 5) is 32.3. The first-order chi connectivity index (χ1) is 20.7. The molecule has 9 heteroatoms. The Morgan fingerprint density at radius 1 is 1.16 bits per heavy atom. The van der Waals surface area contributed by atoms with Crippen LogP contribution in [0.3, 0.4) is 0 Å². The highest BCUT2D eigenvalue weighted by Crippen LogP contribution is 2.32. The Morgan fingerprint density at radius 3 is 2.58 bits per heavy atom. The predicted molar refractivity (Wildman–Crippen MR) is 171 cm³/mol. The lowest BCUT2D eigenvalue weighted by atomic mass is 9.93. The van der Waals surface area contributed by atoms with E-state index in [4.69, 9.17) is 9.47 Å². The third kappa shape index (κ3) is 6.26. The first-order valence-corrected chi connectivity index (χ1v) is 15.5. The number of carbonyl (C=O) groups excluding carboxylic acids is 1. The van der Waals surface area contributed by atoms with Gasteiger partial charge in [0.25, 0.3) is 5.56 Å². The van der Waals surface area contributed by atoms with E-state index in [2.05, 4.69) is 40.8 Å². The zero-order chi connectivity index (χ0) is 30.7. The molecular formula is C34H30BrN3O4S. The average molecular weight is 657 g/mol. The molecule has 3 aromatic carbocycles. The monoisotopic (exact) mass is 655 g/mol. The maximum atomic E-state index is 13.9. The van der Waals surface area contributed by atoms with Gasteiger partial charge in [0.15, 0.2) is 4.80 Å². The molecular weight excluding hydrogens is 626 g/mol. The van der Waals surface area contributed by atoms with Crippen LogP contribution in [0.4, 0.5) is 0 Å².